The molecule has 138 valence electrons. The number of benzene rings is 2. The Balaban J connectivity index is 0.00000364. The fraction of sp³-hybridized carbons (Fsp3) is 0.211. The van der Waals surface area contributed by atoms with Crippen molar-refractivity contribution in [3.05, 3.63) is 65.2 Å². The molecule has 0 saturated carbocycles. The third kappa shape index (κ3) is 5.77. The van der Waals surface area contributed by atoms with E-state index >= 15 is 0 Å². The predicted molar refractivity (Wildman–Crippen MR) is 90.6 cm³/mol. The minimum Gasteiger partial charge on any atom is -0.548 e. The molecule has 0 spiro atoms. The second kappa shape index (κ2) is 10.4. The van der Waals surface area contributed by atoms with Gasteiger partial charge in [0.1, 0.15) is 11.6 Å². The summed E-state index contributed by atoms with van der Waals surface area (Å²) in [5, 5.41) is 10.9. The van der Waals surface area contributed by atoms with Gasteiger partial charge < -0.3 is 25.1 Å². The van der Waals surface area contributed by atoms with Crippen LogP contribution in [0.4, 0.5) is 8.78 Å². The topological polar surface area (TPSA) is 84.6 Å². The Labute approximate surface area is 178 Å². The molecule has 1 unspecified atom stereocenters. The molecule has 5 nitrogen and oxygen atoms in total. The molecular formula is C19H18F2NNaO4. The van der Waals surface area contributed by atoms with Crippen molar-refractivity contribution in [2.45, 2.75) is 12.5 Å². The van der Waals surface area contributed by atoms with Gasteiger partial charge in [-0.05, 0) is 41.8 Å². The van der Waals surface area contributed by atoms with Gasteiger partial charge in [0, 0.05) is 17.7 Å². The number of aliphatic carboxylic acids is 1. The van der Waals surface area contributed by atoms with E-state index in [0.717, 1.165) is 12.1 Å². The maximum Gasteiger partial charge on any atom is 1.00 e. The van der Waals surface area contributed by atoms with Crippen LogP contribution in [0.1, 0.15) is 17.5 Å². The molecular weight excluding hydrogens is 367 g/mol. The summed E-state index contributed by atoms with van der Waals surface area (Å²) in [5.74, 6) is -2.05. The molecule has 0 aliphatic heterocycles. The van der Waals surface area contributed by atoms with Crippen molar-refractivity contribution in [2.24, 2.45) is 5.73 Å². The summed E-state index contributed by atoms with van der Waals surface area (Å²) in [6, 6.07) is 6.78. The summed E-state index contributed by atoms with van der Waals surface area (Å²) in [7, 11) is 2.93. The van der Waals surface area contributed by atoms with Crippen LogP contribution in [-0.2, 0) is 4.79 Å². The number of rotatable bonds is 7. The van der Waals surface area contributed by atoms with E-state index in [-0.39, 0.29) is 41.5 Å². The van der Waals surface area contributed by atoms with E-state index in [4.69, 9.17) is 15.2 Å². The standard InChI is InChI=1S/C19H19F2NO4.Na/c1-25-17-8-3-11(9-18(17)26-2)13(6-7-16(22)19(23)24)14-5-4-12(20)10-15(14)21;/h3-6,8-10,16H,7,22H2,1-2H3,(H,23,24);/q;+1/p-1/b13-6+;. The molecule has 1 atom stereocenters. The van der Waals surface area contributed by atoms with Gasteiger partial charge in [-0.1, -0.05) is 12.1 Å². The second-order valence-corrected chi connectivity index (χ2v) is 5.47. The molecule has 8 heteroatoms. The Morgan fingerprint density at radius 2 is 1.81 bits per heavy atom. The third-order valence-corrected chi connectivity index (χ3v) is 3.79. The van der Waals surface area contributed by atoms with E-state index < -0.39 is 23.6 Å². The van der Waals surface area contributed by atoms with Crippen LogP contribution >= 0.6 is 0 Å². The summed E-state index contributed by atoms with van der Waals surface area (Å²) < 4.78 is 38.0. The summed E-state index contributed by atoms with van der Waals surface area (Å²) in [6.07, 6.45) is 1.38. The van der Waals surface area contributed by atoms with Crippen LogP contribution in [0.25, 0.3) is 5.57 Å². The number of hydrogen-bond donors (Lipinski definition) is 1. The van der Waals surface area contributed by atoms with Gasteiger partial charge >= 0.3 is 29.6 Å². The summed E-state index contributed by atoms with van der Waals surface area (Å²) in [6.45, 7) is 0. The SMILES string of the molecule is COc1ccc(/C(=C\CC(N)C(=O)[O-])c2ccc(F)cc2F)cc1OC.[Na+]. The Morgan fingerprint density at radius 1 is 1.15 bits per heavy atom. The van der Waals surface area contributed by atoms with Crippen molar-refractivity contribution < 1.29 is 57.7 Å². The number of ether oxygens (including phenoxy) is 2. The monoisotopic (exact) mass is 385 g/mol. The quantitative estimate of drug-likeness (QED) is 0.611. The first kappa shape index (κ1) is 23.1. The molecule has 0 saturated heterocycles. The van der Waals surface area contributed by atoms with Gasteiger partial charge in [-0.3, -0.25) is 0 Å². The zero-order valence-corrected chi connectivity index (χ0v) is 17.3. The summed E-state index contributed by atoms with van der Waals surface area (Å²) in [4.78, 5) is 10.9. The van der Waals surface area contributed by atoms with Gasteiger partial charge in [-0.25, -0.2) is 8.78 Å². The fourth-order valence-electron chi connectivity index (χ4n) is 2.44. The average molecular weight is 385 g/mol. The van der Waals surface area contributed by atoms with Crippen LogP contribution < -0.4 is 49.9 Å². The van der Waals surface area contributed by atoms with E-state index in [2.05, 4.69) is 0 Å². The number of carbonyl (C=O) groups excluding carboxylic acids is 1. The Hall–Kier alpha value is -1.93. The first-order valence-electron chi connectivity index (χ1n) is 7.71. The van der Waals surface area contributed by atoms with Crippen molar-refractivity contribution in [2.75, 3.05) is 14.2 Å². The van der Waals surface area contributed by atoms with Crippen LogP contribution in [-0.4, -0.2) is 26.2 Å². The van der Waals surface area contributed by atoms with Crippen LogP contribution in [0.5, 0.6) is 11.5 Å². The minimum atomic E-state index is -1.42. The van der Waals surface area contributed by atoms with E-state index in [9.17, 15) is 18.7 Å². The number of carbonyl (C=O) groups is 1. The second-order valence-electron chi connectivity index (χ2n) is 5.47. The summed E-state index contributed by atoms with van der Waals surface area (Å²) >= 11 is 0. The number of carboxylic acids is 1. The number of nitrogens with two attached hydrogens (primary N) is 1. The Morgan fingerprint density at radius 3 is 2.37 bits per heavy atom. The van der Waals surface area contributed by atoms with Crippen molar-refractivity contribution in [3.63, 3.8) is 0 Å². The Bertz CT molecular complexity index is 842. The third-order valence-electron chi connectivity index (χ3n) is 3.79. The van der Waals surface area contributed by atoms with Gasteiger partial charge in [-0.15, -0.1) is 0 Å². The zero-order valence-electron chi connectivity index (χ0n) is 15.3. The van der Waals surface area contributed by atoms with Crippen molar-refractivity contribution in [3.8, 4) is 11.5 Å². The number of halogens is 2. The molecule has 0 bridgehead atoms. The van der Waals surface area contributed by atoms with Crippen LogP contribution in [0.2, 0.25) is 0 Å². The van der Waals surface area contributed by atoms with Crippen LogP contribution in [0.3, 0.4) is 0 Å². The molecule has 2 N–H and O–H groups in total. The van der Waals surface area contributed by atoms with E-state index in [0.29, 0.717) is 22.6 Å². The molecule has 2 rings (SSSR count). The number of hydrogen-bond acceptors (Lipinski definition) is 5. The molecule has 0 heterocycles. The molecule has 0 aliphatic carbocycles. The van der Waals surface area contributed by atoms with Gasteiger partial charge in [0.25, 0.3) is 0 Å². The summed E-state index contributed by atoms with van der Waals surface area (Å²) in [5.41, 5.74) is 6.45. The smallest absolute Gasteiger partial charge is 0.548 e. The fourth-order valence-corrected chi connectivity index (χ4v) is 2.44. The molecule has 27 heavy (non-hydrogen) atoms. The number of methoxy groups -OCH3 is 2. The molecule has 0 aliphatic rings. The largest absolute Gasteiger partial charge is 1.00 e. The van der Waals surface area contributed by atoms with Crippen molar-refractivity contribution in [1.29, 1.82) is 0 Å². The molecule has 0 radical (unpaired) electrons. The maximum absolute atomic E-state index is 14.3. The van der Waals surface area contributed by atoms with Crippen LogP contribution in [0.15, 0.2) is 42.5 Å². The molecule has 0 amide bonds. The first-order chi connectivity index (χ1) is 12.4. The van der Waals surface area contributed by atoms with E-state index in [1.54, 1.807) is 18.2 Å². The zero-order chi connectivity index (χ0) is 19.3. The van der Waals surface area contributed by atoms with E-state index in [1.165, 1.54) is 26.4 Å². The van der Waals surface area contributed by atoms with Gasteiger partial charge in [-0.2, -0.15) is 0 Å². The van der Waals surface area contributed by atoms with E-state index in [1.807, 2.05) is 0 Å². The first-order valence-corrected chi connectivity index (χ1v) is 7.71. The maximum atomic E-state index is 14.3. The molecule has 2 aromatic rings. The van der Waals surface area contributed by atoms with Gasteiger partial charge in [0.05, 0.1) is 20.2 Å². The van der Waals surface area contributed by atoms with Gasteiger partial charge in [0.2, 0.25) is 0 Å². The normalized spacial score (nSPS) is 12.1. The molecule has 0 aromatic heterocycles. The van der Waals surface area contributed by atoms with Crippen LogP contribution in [0, 0.1) is 11.6 Å². The number of carboxylic acid groups (broad SMARTS) is 1. The van der Waals surface area contributed by atoms with Crippen molar-refractivity contribution >= 4 is 11.5 Å². The average Bonchev–Trinajstić information content (AvgIpc) is 2.62. The van der Waals surface area contributed by atoms with Gasteiger partial charge in [0.15, 0.2) is 11.5 Å². The predicted octanol–water partition coefficient (Wildman–Crippen LogP) is -1.11. The van der Waals surface area contributed by atoms with Crippen molar-refractivity contribution in [1.82, 2.24) is 0 Å². The molecule has 2 aromatic carbocycles. The minimum absolute atomic E-state index is 0. The Kier molecular flexibility index (Phi) is 8.92. The molecule has 0 fully saturated rings.